The van der Waals surface area contributed by atoms with Crippen molar-refractivity contribution in [2.75, 3.05) is 0 Å². The third-order valence-electron chi connectivity index (χ3n) is 0. The van der Waals surface area contributed by atoms with Crippen molar-refractivity contribution in [2.24, 2.45) is 5.73 Å². The van der Waals surface area contributed by atoms with E-state index in [0.717, 1.165) is 0 Å². The molecule has 0 rings (SSSR count). The van der Waals surface area contributed by atoms with Crippen molar-refractivity contribution in [3.05, 3.63) is 0 Å². The smallest absolute Gasteiger partial charge is 0.00686 e. The van der Waals surface area contributed by atoms with Gasteiger partial charge in [-0.1, -0.05) is 0 Å². The molecule has 0 aliphatic heterocycles. The molecule has 0 saturated heterocycles. The van der Waals surface area contributed by atoms with E-state index < -0.39 is 0 Å². The van der Waals surface area contributed by atoms with Crippen molar-refractivity contribution in [3.8, 4) is 0 Å². The summed E-state index contributed by atoms with van der Waals surface area (Å²) in [6.07, 6.45) is 0. The summed E-state index contributed by atoms with van der Waals surface area (Å²) < 4.78 is 0. The van der Waals surface area contributed by atoms with Crippen LogP contribution in [0.15, 0.2) is 0 Å². The van der Waals surface area contributed by atoms with E-state index in [1.807, 2.05) is 20.8 Å². The molecule has 0 aromatic carbocycles. The van der Waals surface area contributed by atoms with Crippen molar-refractivity contribution >= 4 is 0 Å². The van der Waals surface area contributed by atoms with Crippen LogP contribution < -0.4 is 5.73 Å². The Hall–Kier alpha value is -0.0400. The first-order valence-electron chi connectivity index (χ1n) is 1.79. The van der Waals surface area contributed by atoms with Gasteiger partial charge in [0.2, 0.25) is 0 Å². The van der Waals surface area contributed by atoms with Crippen LogP contribution in [0.5, 0.6) is 0 Å². The van der Waals surface area contributed by atoms with E-state index in [0.29, 0.717) is 0 Å². The fourth-order valence-corrected chi connectivity index (χ4v) is 0. The van der Waals surface area contributed by atoms with Crippen molar-refractivity contribution in [2.45, 2.75) is 26.3 Å². The van der Waals surface area contributed by atoms with E-state index >= 15 is 0 Å². The lowest BCUT2D eigenvalue weighted by Crippen LogP contribution is -2.26. The standard InChI is InChI=1S/C4H11N/c1-4(2,3)5/h5H2,1-3H3/i4+2. The predicted octanol–water partition coefficient (Wildman–Crippen LogP) is 0.744. The lowest BCUT2D eigenvalue weighted by Gasteiger charge is -2.06. The molecule has 0 atom stereocenters. The van der Waals surface area contributed by atoms with Crippen molar-refractivity contribution in [1.29, 1.82) is 0 Å². The molecule has 1 nitrogen and oxygen atoms in total. The van der Waals surface area contributed by atoms with Crippen LogP contribution in [0.25, 0.3) is 0 Å². The average molecular weight is 75.1 g/mol. The zero-order valence-corrected chi connectivity index (χ0v) is 4.08. The Morgan fingerprint density at radius 1 is 1.20 bits per heavy atom. The Labute approximate surface area is 33.2 Å². The summed E-state index contributed by atoms with van der Waals surface area (Å²) in [5.74, 6) is 0. The van der Waals surface area contributed by atoms with E-state index in [1.54, 1.807) is 0 Å². The zero-order chi connectivity index (χ0) is 4.50. The quantitative estimate of drug-likeness (QED) is 0.451. The normalized spacial score (nSPS) is 12.0. The lowest BCUT2D eigenvalue weighted by molar-refractivity contribution is 0.580. The molecule has 0 radical (unpaired) electrons. The molecule has 0 unspecified atom stereocenters. The maximum Gasteiger partial charge on any atom is 0.00686 e. The van der Waals surface area contributed by atoms with Gasteiger partial charge in [0, 0.05) is 5.54 Å². The zero-order valence-electron chi connectivity index (χ0n) is 4.08. The van der Waals surface area contributed by atoms with Crippen LogP contribution in [0.1, 0.15) is 20.8 Å². The third-order valence-corrected chi connectivity index (χ3v) is 0. The molecule has 32 valence electrons. The molecule has 0 aromatic rings. The first-order chi connectivity index (χ1) is 2.00. The molecule has 0 bridgehead atoms. The van der Waals surface area contributed by atoms with Gasteiger partial charge in [0.05, 0.1) is 0 Å². The van der Waals surface area contributed by atoms with E-state index in [-0.39, 0.29) is 5.54 Å². The van der Waals surface area contributed by atoms with Gasteiger partial charge in [-0.2, -0.15) is 0 Å². The monoisotopic (exact) mass is 75.1 g/mol. The number of hydrogen-bond acceptors (Lipinski definition) is 1. The van der Waals surface area contributed by atoms with Crippen LogP contribution in [0.4, 0.5) is 0 Å². The first-order valence-corrected chi connectivity index (χ1v) is 1.79. The molecule has 0 aliphatic carbocycles. The van der Waals surface area contributed by atoms with Crippen LogP contribution in [-0.4, -0.2) is 5.54 Å². The fraction of sp³-hybridized carbons (Fsp3) is 1.00. The third kappa shape index (κ3) is 9510. The van der Waals surface area contributed by atoms with E-state index in [2.05, 4.69) is 0 Å². The van der Waals surface area contributed by atoms with Gasteiger partial charge in [-0.25, -0.2) is 0 Å². The molecule has 0 amide bonds. The van der Waals surface area contributed by atoms with Gasteiger partial charge < -0.3 is 5.73 Å². The van der Waals surface area contributed by atoms with E-state index in [1.165, 1.54) is 0 Å². The topological polar surface area (TPSA) is 26.0 Å². The summed E-state index contributed by atoms with van der Waals surface area (Å²) in [6, 6.07) is 0. The molecule has 2 N–H and O–H groups in total. The average Bonchev–Trinajstić information content (AvgIpc) is 0.722. The van der Waals surface area contributed by atoms with Crippen LogP contribution in [-0.2, 0) is 0 Å². The maximum absolute atomic E-state index is 5.35. The Morgan fingerprint density at radius 2 is 1.20 bits per heavy atom. The molecule has 0 spiro atoms. The highest BCUT2D eigenvalue weighted by Crippen LogP contribution is 1.88. The van der Waals surface area contributed by atoms with Gasteiger partial charge in [0.15, 0.2) is 0 Å². The van der Waals surface area contributed by atoms with Crippen LogP contribution >= 0.6 is 0 Å². The molecule has 0 heterocycles. The molecule has 1 heteroatoms. The Morgan fingerprint density at radius 3 is 1.20 bits per heavy atom. The van der Waals surface area contributed by atoms with Crippen LogP contribution in [0.2, 0.25) is 0 Å². The molecule has 0 aromatic heterocycles. The summed E-state index contributed by atoms with van der Waals surface area (Å²) >= 11 is 0. The van der Waals surface area contributed by atoms with Gasteiger partial charge in [-0.05, 0) is 20.8 Å². The van der Waals surface area contributed by atoms with Gasteiger partial charge in [0.1, 0.15) is 0 Å². The first kappa shape index (κ1) is 4.96. The number of rotatable bonds is 0. The minimum Gasteiger partial charge on any atom is -0.326 e. The largest absolute Gasteiger partial charge is 0.326 e. The van der Waals surface area contributed by atoms with Crippen LogP contribution in [0, 0.1) is 0 Å². The second-order valence-corrected chi connectivity index (χ2v) is 2.37. The summed E-state index contributed by atoms with van der Waals surface area (Å²) in [5.41, 5.74) is 5.35. The summed E-state index contributed by atoms with van der Waals surface area (Å²) in [5, 5.41) is 0. The predicted molar refractivity (Wildman–Crippen MR) is 23.9 cm³/mol. The second kappa shape index (κ2) is 0.977. The Balaban J connectivity index is 3.02. The summed E-state index contributed by atoms with van der Waals surface area (Å²) in [7, 11) is 0. The fourth-order valence-electron chi connectivity index (χ4n) is 0. The SMILES string of the molecule is C[14C](C)(C)N. The minimum absolute atomic E-state index is 0. The van der Waals surface area contributed by atoms with Crippen LogP contribution in [0.3, 0.4) is 0 Å². The van der Waals surface area contributed by atoms with Gasteiger partial charge in [0.25, 0.3) is 0 Å². The molecular formula is C4H11N. The molecule has 0 aliphatic rings. The highest BCUT2D eigenvalue weighted by Gasteiger charge is 1.95. The van der Waals surface area contributed by atoms with Crippen molar-refractivity contribution in [3.63, 3.8) is 0 Å². The van der Waals surface area contributed by atoms with Gasteiger partial charge >= 0.3 is 0 Å². The number of hydrogen-bond donors (Lipinski definition) is 1. The summed E-state index contributed by atoms with van der Waals surface area (Å²) in [6.45, 7) is 5.90. The minimum atomic E-state index is 0. The molecular weight excluding hydrogens is 64.0 g/mol. The number of nitrogens with two attached hydrogens (primary N) is 1. The highest BCUT2D eigenvalue weighted by atomic mass is 15.5. The lowest BCUT2D eigenvalue weighted by atomic mass is 10.9. The molecule has 5 heavy (non-hydrogen) atoms. The Bertz CT molecular complexity index is 19.1. The van der Waals surface area contributed by atoms with Gasteiger partial charge in [-0.15, -0.1) is 0 Å². The summed E-state index contributed by atoms with van der Waals surface area (Å²) in [4.78, 5) is 0. The van der Waals surface area contributed by atoms with Crippen molar-refractivity contribution in [1.82, 2.24) is 0 Å². The molecule has 0 fully saturated rings. The van der Waals surface area contributed by atoms with Gasteiger partial charge in [-0.3, -0.25) is 0 Å². The Kier molecular flexibility index (Phi) is 0.969. The van der Waals surface area contributed by atoms with Crippen molar-refractivity contribution < 1.29 is 0 Å². The maximum atomic E-state index is 5.35. The highest BCUT2D eigenvalue weighted by molar-refractivity contribution is 4.60. The second-order valence-electron chi connectivity index (χ2n) is 2.37. The van der Waals surface area contributed by atoms with E-state index in [4.69, 9.17) is 5.73 Å². The van der Waals surface area contributed by atoms with E-state index in [9.17, 15) is 0 Å². The molecule has 0 saturated carbocycles.